The van der Waals surface area contributed by atoms with Crippen molar-refractivity contribution in [3.63, 3.8) is 0 Å². The summed E-state index contributed by atoms with van der Waals surface area (Å²) in [6.45, 7) is 5.54. The number of piperidine rings is 1. The standard InChI is InChI=1S/C21H27N7O2S/c1-14-23-17(15-2-7-28(8-3-15)9-6-22)12-19(24-14)27-21-26-18(13-31-21)20(29)25-16-4-10-30-11-5-16/h12-13,15-16H,2-5,7-11H2,1H3,(H,25,29)(H,23,24,26,27). The van der Waals surface area contributed by atoms with Crippen molar-refractivity contribution < 1.29 is 9.53 Å². The Morgan fingerprint density at radius 2 is 2.03 bits per heavy atom. The van der Waals surface area contributed by atoms with E-state index < -0.39 is 0 Å². The van der Waals surface area contributed by atoms with E-state index in [4.69, 9.17) is 10.00 Å². The summed E-state index contributed by atoms with van der Waals surface area (Å²) in [4.78, 5) is 28.2. The molecule has 10 heteroatoms. The molecule has 0 bridgehead atoms. The Morgan fingerprint density at radius 3 is 2.77 bits per heavy atom. The van der Waals surface area contributed by atoms with Crippen LogP contribution in [0.2, 0.25) is 0 Å². The Morgan fingerprint density at radius 1 is 1.26 bits per heavy atom. The molecule has 0 saturated carbocycles. The molecule has 0 aliphatic carbocycles. The summed E-state index contributed by atoms with van der Waals surface area (Å²) in [7, 11) is 0. The van der Waals surface area contributed by atoms with Crippen LogP contribution >= 0.6 is 11.3 Å². The molecule has 2 N–H and O–H groups in total. The fourth-order valence-corrected chi connectivity index (χ4v) is 4.69. The zero-order valence-electron chi connectivity index (χ0n) is 17.6. The van der Waals surface area contributed by atoms with E-state index >= 15 is 0 Å². The van der Waals surface area contributed by atoms with Crippen molar-refractivity contribution in [2.45, 2.75) is 44.6 Å². The van der Waals surface area contributed by atoms with Crippen LogP contribution in [0, 0.1) is 18.3 Å². The zero-order valence-corrected chi connectivity index (χ0v) is 18.5. The first-order valence-corrected chi connectivity index (χ1v) is 11.5. The van der Waals surface area contributed by atoms with E-state index in [1.165, 1.54) is 11.3 Å². The Kier molecular flexibility index (Phi) is 7.06. The molecule has 0 spiro atoms. The first-order chi connectivity index (χ1) is 15.1. The maximum absolute atomic E-state index is 12.5. The van der Waals surface area contributed by atoms with Gasteiger partial charge in [-0.2, -0.15) is 5.26 Å². The number of carbonyl (C=O) groups is 1. The van der Waals surface area contributed by atoms with Crippen molar-refractivity contribution in [1.82, 2.24) is 25.2 Å². The maximum atomic E-state index is 12.5. The molecule has 4 heterocycles. The van der Waals surface area contributed by atoms with Crippen molar-refractivity contribution in [1.29, 1.82) is 5.26 Å². The fourth-order valence-electron chi connectivity index (χ4n) is 4.00. The van der Waals surface area contributed by atoms with Crippen LogP contribution in [0.3, 0.4) is 0 Å². The SMILES string of the molecule is Cc1nc(Nc2nc(C(=O)NC3CCOCC3)cs2)cc(C2CCN(CC#N)CC2)n1. The van der Waals surface area contributed by atoms with Gasteiger partial charge < -0.3 is 15.4 Å². The van der Waals surface area contributed by atoms with E-state index in [-0.39, 0.29) is 11.9 Å². The van der Waals surface area contributed by atoms with Crippen molar-refractivity contribution in [2.75, 3.05) is 38.2 Å². The monoisotopic (exact) mass is 441 g/mol. The Bertz CT molecular complexity index is 943. The predicted molar refractivity (Wildman–Crippen MR) is 118 cm³/mol. The van der Waals surface area contributed by atoms with Gasteiger partial charge in [0.15, 0.2) is 5.13 Å². The molecule has 164 valence electrons. The molecule has 0 aromatic carbocycles. The number of hydrogen-bond acceptors (Lipinski definition) is 9. The summed E-state index contributed by atoms with van der Waals surface area (Å²) >= 11 is 1.38. The number of nitriles is 1. The number of carbonyl (C=O) groups excluding carboxylic acids is 1. The first kappa shape index (κ1) is 21.6. The number of likely N-dealkylation sites (tertiary alicyclic amines) is 1. The molecule has 2 aliphatic rings. The Balaban J connectivity index is 1.38. The molecule has 2 aliphatic heterocycles. The molecule has 2 saturated heterocycles. The van der Waals surface area contributed by atoms with Gasteiger partial charge in [0, 0.05) is 42.3 Å². The van der Waals surface area contributed by atoms with Crippen molar-refractivity contribution >= 4 is 28.2 Å². The second kappa shape index (κ2) is 10.1. The molecule has 1 amide bonds. The highest BCUT2D eigenvalue weighted by atomic mass is 32.1. The zero-order chi connectivity index (χ0) is 21.6. The lowest BCUT2D eigenvalue weighted by molar-refractivity contribution is 0.0694. The Labute approximate surface area is 185 Å². The quantitative estimate of drug-likeness (QED) is 0.657. The Hall–Kier alpha value is -2.61. The van der Waals surface area contributed by atoms with E-state index in [1.807, 2.05) is 13.0 Å². The summed E-state index contributed by atoms with van der Waals surface area (Å²) in [6.07, 6.45) is 3.62. The fraction of sp³-hybridized carbons (Fsp3) is 0.571. The van der Waals surface area contributed by atoms with Gasteiger partial charge in [0.2, 0.25) is 0 Å². The van der Waals surface area contributed by atoms with Crippen LogP contribution in [0.4, 0.5) is 10.9 Å². The van der Waals surface area contributed by atoms with Crippen LogP contribution < -0.4 is 10.6 Å². The number of aryl methyl sites for hydroxylation is 1. The topological polar surface area (TPSA) is 116 Å². The third-order valence-electron chi connectivity index (χ3n) is 5.69. The van der Waals surface area contributed by atoms with E-state index in [9.17, 15) is 4.79 Å². The molecule has 0 radical (unpaired) electrons. The summed E-state index contributed by atoms with van der Waals surface area (Å²) in [6, 6.07) is 4.34. The third-order valence-corrected chi connectivity index (χ3v) is 6.44. The molecule has 0 atom stereocenters. The van der Waals surface area contributed by atoms with Crippen LogP contribution in [0.15, 0.2) is 11.4 Å². The van der Waals surface area contributed by atoms with Crippen LogP contribution in [0.5, 0.6) is 0 Å². The lowest BCUT2D eigenvalue weighted by Gasteiger charge is -2.30. The van der Waals surface area contributed by atoms with E-state index in [2.05, 4.69) is 36.6 Å². The first-order valence-electron chi connectivity index (χ1n) is 10.7. The summed E-state index contributed by atoms with van der Waals surface area (Å²) in [5, 5.41) is 17.5. The highest BCUT2D eigenvalue weighted by Gasteiger charge is 2.23. The number of amides is 1. The minimum absolute atomic E-state index is 0.144. The van der Waals surface area contributed by atoms with Crippen molar-refractivity contribution in [3.8, 4) is 6.07 Å². The molecular weight excluding hydrogens is 414 g/mol. The number of ether oxygens (including phenoxy) is 1. The number of aromatic nitrogens is 3. The molecule has 2 aromatic rings. The van der Waals surface area contributed by atoms with Crippen molar-refractivity contribution in [3.05, 3.63) is 28.7 Å². The van der Waals surface area contributed by atoms with Gasteiger partial charge in [-0.1, -0.05) is 0 Å². The molecule has 4 rings (SSSR count). The highest BCUT2D eigenvalue weighted by Crippen LogP contribution is 2.29. The van der Waals surface area contributed by atoms with Crippen LogP contribution in [0.1, 0.15) is 53.6 Å². The van der Waals surface area contributed by atoms with Crippen LogP contribution in [0.25, 0.3) is 0 Å². The molecule has 2 fully saturated rings. The average molecular weight is 442 g/mol. The molecule has 31 heavy (non-hydrogen) atoms. The van der Waals surface area contributed by atoms with Gasteiger partial charge in [0.05, 0.1) is 12.6 Å². The lowest BCUT2D eigenvalue weighted by atomic mass is 9.93. The van der Waals surface area contributed by atoms with Gasteiger partial charge in [0.1, 0.15) is 17.3 Å². The number of nitrogens with one attached hydrogen (secondary N) is 2. The van der Waals surface area contributed by atoms with Gasteiger partial charge >= 0.3 is 0 Å². The average Bonchev–Trinajstić information content (AvgIpc) is 3.23. The van der Waals surface area contributed by atoms with Gasteiger partial charge in [-0.05, 0) is 45.7 Å². The third kappa shape index (κ3) is 5.76. The largest absolute Gasteiger partial charge is 0.381 e. The minimum Gasteiger partial charge on any atom is -0.381 e. The number of thiazole rings is 1. The second-order valence-electron chi connectivity index (χ2n) is 7.96. The van der Waals surface area contributed by atoms with Crippen molar-refractivity contribution in [2.24, 2.45) is 0 Å². The molecule has 0 unspecified atom stereocenters. The van der Waals surface area contributed by atoms with Crippen LogP contribution in [-0.4, -0.2) is 64.6 Å². The number of rotatable bonds is 6. The molecule has 2 aromatic heterocycles. The normalized spacial score (nSPS) is 18.5. The minimum atomic E-state index is -0.153. The number of anilines is 2. The van der Waals surface area contributed by atoms with E-state index in [0.29, 0.717) is 48.1 Å². The van der Waals surface area contributed by atoms with Crippen LogP contribution in [-0.2, 0) is 4.74 Å². The smallest absolute Gasteiger partial charge is 0.271 e. The van der Waals surface area contributed by atoms with E-state index in [1.54, 1.807) is 5.38 Å². The van der Waals surface area contributed by atoms with Gasteiger partial charge in [0.25, 0.3) is 5.91 Å². The summed E-state index contributed by atoms with van der Waals surface area (Å²) in [5.41, 5.74) is 1.43. The van der Waals surface area contributed by atoms with Gasteiger partial charge in [-0.3, -0.25) is 9.69 Å². The summed E-state index contributed by atoms with van der Waals surface area (Å²) < 4.78 is 5.33. The predicted octanol–water partition coefficient (Wildman–Crippen LogP) is 2.60. The maximum Gasteiger partial charge on any atom is 0.271 e. The second-order valence-corrected chi connectivity index (χ2v) is 8.81. The number of hydrogen-bond donors (Lipinski definition) is 2. The number of nitrogens with zero attached hydrogens (tertiary/aromatic N) is 5. The molecular formula is C21H27N7O2S. The summed E-state index contributed by atoms with van der Waals surface area (Å²) in [5.74, 6) is 1.59. The van der Waals surface area contributed by atoms with Gasteiger partial charge in [-0.25, -0.2) is 15.0 Å². The molecule has 9 nitrogen and oxygen atoms in total. The lowest BCUT2D eigenvalue weighted by Crippen LogP contribution is -2.39. The highest BCUT2D eigenvalue weighted by molar-refractivity contribution is 7.14. The van der Waals surface area contributed by atoms with E-state index in [0.717, 1.165) is 44.5 Å². The van der Waals surface area contributed by atoms with Gasteiger partial charge in [-0.15, -0.1) is 11.3 Å².